The van der Waals surface area contributed by atoms with Crippen LogP contribution in [0.25, 0.3) is 11.5 Å². The lowest BCUT2D eigenvalue weighted by Crippen LogP contribution is -2.07. The monoisotopic (exact) mass is 347 g/mol. The highest BCUT2D eigenvalue weighted by atomic mass is 79.9. The first kappa shape index (κ1) is 13.5. The lowest BCUT2D eigenvalue weighted by molar-refractivity contribution is -0.385. The molecule has 0 aliphatic carbocycles. The van der Waals surface area contributed by atoms with E-state index < -0.39 is 4.92 Å². The van der Waals surface area contributed by atoms with Gasteiger partial charge in [-0.1, -0.05) is 18.2 Å². The Morgan fingerprint density at radius 3 is 2.57 bits per heavy atom. The number of hydrogen-bond acceptors (Lipinski definition) is 4. The maximum absolute atomic E-state index is 11.4. The number of nitrogens with zero attached hydrogens (tertiary/aromatic N) is 5. The summed E-state index contributed by atoms with van der Waals surface area (Å²) in [5.41, 5.74) is 1.01. The van der Waals surface area contributed by atoms with E-state index in [4.69, 9.17) is 0 Å². The third-order valence-electron chi connectivity index (χ3n) is 2.96. The fourth-order valence-corrected chi connectivity index (χ4v) is 2.38. The molecule has 0 atom stereocenters. The van der Waals surface area contributed by atoms with Gasteiger partial charge in [-0.05, 0) is 35.0 Å². The number of rotatable bonds is 3. The van der Waals surface area contributed by atoms with Crippen LogP contribution in [-0.2, 0) is 0 Å². The summed E-state index contributed by atoms with van der Waals surface area (Å²) in [7, 11) is 0. The molecule has 1 aromatic carbocycles. The normalized spacial score (nSPS) is 10.8. The van der Waals surface area contributed by atoms with Crippen molar-refractivity contribution in [2.24, 2.45) is 0 Å². The second kappa shape index (κ2) is 5.13. The summed E-state index contributed by atoms with van der Waals surface area (Å²) >= 11 is 3.30. The van der Waals surface area contributed by atoms with Crippen LogP contribution >= 0.6 is 15.9 Å². The fourth-order valence-electron chi connectivity index (χ4n) is 2.09. The molecule has 0 saturated carbocycles. The molecule has 0 radical (unpaired) electrons. The summed E-state index contributed by atoms with van der Waals surface area (Å²) in [6.45, 7) is 1.61. The van der Waals surface area contributed by atoms with E-state index in [2.05, 4.69) is 26.1 Å². The van der Waals surface area contributed by atoms with Crippen molar-refractivity contribution in [2.45, 2.75) is 6.92 Å². The van der Waals surface area contributed by atoms with Crippen LogP contribution in [0.5, 0.6) is 0 Å². The SMILES string of the molecule is Cc1nn(-c2ccccc2)c(-n2cc(Br)cn2)c1[N+](=O)[O-]. The standard InChI is InChI=1S/C13H10BrN5O2/c1-9-12(19(20)21)13(17-8-10(14)7-15-17)18(16-9)11-5-3-2-4-6-11/h2-8H,1H3. The lowest BCUT2D eigenvalue weighted by Gasteiger charge is -2.06. The summed E-state index contributed by atoms with van der Waals surface area (Å²) in [6, 6.07) is 9.23. The first-order valence-electron chi connectivity index (χ1n) is 6.08. The minimum Gasteiger partial charge on any atom is -0.258 e. The average molecular weight is 348 g/mol. The Morgan fingerprint density at radius 2 is 2.00 bits per heavy atom. The Kier molecular flexibility index (Phi) is 3.30. The molecule has 0 bridgehead atoms. The highest BCUT2D eigenvalue weighted by molar-refractivity contribution is 9.10. The number of aromatic nitrogens is 4. The number of hydrogen-bond donors (Lipinski definition) is 0. The predicted molar refractivity (Wildman–Crippen MR) is 79.8 cm³/mol. The topological polar surface area (TPSA) is 78.8 Å². The number of aryl methyl sites for hydroxylation is 1. The molecule has 106 valence electrons. The smallest absolute Gasteiger partial charge is 0.258 e. The highest BCUT2D eigenvalue weighted by Gasteiger charge is 2.28. The predicted octanol–water partition coefficient (Wildman–Crippen LogP) is 3.04. The minimum absolute atomic E-state index is 0.0607. The number of halogens is 1. The number of para-hydroxylation sites is 1. The maximum atomic E-state index is 11.4. The molecule has 3 rings (SSSR count). The summed E-state index contributed by atoms with van der Waals surface area (Å²) in [5, 5.41) is 19.8. The van der Waals surface area contributed by atoms with Crippen LogP contribution in [0.1, 0.15) is 5.69 Å². The van der Waals surface area contributed by atoms with Crippen molar-refractivity contribution in [2.75, 3.05) is 0 Å². The molecule has 2 heterocycles. The van der Waals surface area contributed by atoms with Gasteiger partial charge in [0.25, 0.3) is 0 Å². The van der Waals surface area contributed by atoms with Gasteiger partial charge >= 0.3 is 5.69 Å². The Hall–Kier alpha value is -2.48. The van der Waals surface area contributed by atoms with E-state index in [1.807, 2.05) is 30.3 Å². The van der Waals surface area contributed by atoms with Crippen LogP contribution in [0.3, 0.4) is 0 Å². The van der Waals surface area contributed by atoms with E-state index >= 15 is 0 Å². The zero-order valence-corrected chi connectivity index (χ0v) is 12.6. The molecule has 0 aliphatic rings. The minimum atomic E-state index is -0.438. The maximum Gasteiger partial charge on any atom is 0.336 e. The first-order chi connectivity index (χ1) is 10.1. The Balaban J connectivity index is 2.31. The van der Waals surface area contributed by atoms with E-state index in [0.717, 1.165) is 10.2 Å². The van der Waals surface area contributed by atoms with Gasteiger partial charge in [0, 0.05) is 6.20 Å². The quantitative estimate of drug-likeness (QED) is 0.538. The van der Waals surface area contributed by atoms with Crippen molar-refractivity contribution < 1.29 is 4.92 Å². The third kappa shape index (κ3) is 2.33. The van der Waals surface area contributed by atoms with Gasteiger partial charge in [-0.25, -0.2) is 9.36 Å². The summed E-state index contributed by atoms with van der Waals surface area (Å²) in [6.07, 6.45) is 3.23. The highest BCUT2D eigenvalue weighted by Crippen LogP contribution is 2.29. The van der Waals surface area contributed by atoms with Crippen molar-refractivity contribution in [3.63, 3.8) is 0 Å². The molecule has 7 nitrogen and oxygen atoms in total. The van der Waals surface area contributed by atoms with Crippen molar-refractivity contribution in [3.05, 3.63) is 63.0 Å². The second-order valence-electron chi connectivity index (χ2n) is 4.37. The largest absolute Gasteiger partial charge is 0.336 e. The van der Waals surface area contributed by atoms with Crippen molar-refractivity contribution in [1.82, 2.24) is 19.6 Å². The van der Waals surface area contributed by atoms with Crippen LogP contribution in [0, 0.1) is 17.0 Å². The van der Waals surface area contributed by atoms with Gasteiger partial charge in [-0.2, -0.15) is 10.2 Å². The Bertz CT molecular complexity index is 809. The van der Waals surface area contributed by atoms with E-state index in [0.29, 0.717) is 11.5 Å². The van der Waals surface area contributed by atoms with Gasteiger partial charge in [-0.3, -0.25) is 10.1 Å². The lowest BCUT2D eigenvalue weighted by atomic mass is 10.3. The number of nitro groups is 1. The number of benzene rings is 1. The van der Waals surface area contributed by atoms with Crippen LogP contribution in [0.2, 0.25) is 0 Å². The van der Waals surface area contributed by atoms with Crippen molar-refractivity contribution >= 4 is 21.6 Å². The van der Waals surface area contributed by atoms with Crippen molar-refractivity contribution in [3.8, 4) is 11.5 Å². The third-order valence-corrected chi connectivity index (χ3v) is 3.37. The summed E-state index contributed by atoms with van der Waals surface area (Å²) < 4.78 is 3.69. The van der Waals surface area contributed by atoms with E-state index in [1.54, 1.807) is 19.3 Å². The molecule has 3 aromatic rings. The molecule has 0 spiro atoms. The molecular weight excluding hydrogens is 338 g/mol. The van der Waals surface area contributed by atoms with E-state index in [1.165, 1.54) is 9.36 Å². The van der Waals surface area contributed by atoms with Gasteiger partial charge < -0.3 is 0 Å². The first-order valence-corrected chi connectivity index (χ1v) is 6.87. The van der Waals surface area contributed by atoms with Gasteiger partial charge in [0.1, 0.15) is 5.69 Å². The molecule has 0 aliphatic heterocycles. The zero-order valence-electron chi connectivity index (χ0n) is 11.0. The van der Waals surface area contributed by atoms with Gasteiger partial charge in [0.05, 0.1) is 21.3 Å². The van der Waals surface area contributed by atoms with Crippen LogP contribution in [0.15, 0.2) is 47.2 Å². The van der Waals surface area contributed by atoms with E-state index in [9.17, 15) is 10.1 Å². The molecule has 2 aromatic heterocycles. The molecule has 0 fully saturated rings. The molecule has 0 amide bonds. The Labute approximate surface area is 128 Å². The molecule has 0 saturated heterocycles. The molecule has 0 unspecified atom stereocenters. The molecule has 21 heavy (non-hydrogen) atoms. The van der Waals surface area contributed by atoms with E-state index in [-0.39, 0.29) is 5.69 Å². The molecular formula is C13H10BrN5O2. The zero-order chi connectivity index (χ0) is 15.0. The fraction of sp³-hybridized carbons (Fsp3) is 0.0769. The van der Waals surface area contributed by atoms with Crippen LogP contribution in [0.4, 0.5) is 5.69 Å². The molecule has 8 heteroatoms. The van der Waals surface area contributed by atoms with Crippen LogP contribution < -0.4 is 0 Å². The van der Waals surface area contributed by atoms with Gasteiger partial charge in [0.15, 0.2) is 0 Å². The second-order valence-corrected chi connectivity index (χ2v) is 5.28. The van der Waals surface area contributed by atoms with Gasteiger partial charge in [0.2, 0.25) is 5.82 Å². The van der Waals surface area contributed by atoms with Crippen LogP contribution in [-0.4, -0.2) is 24.5 Å². The van der Waals surface area contributed by atoms with Crippen molar-refractivity contribution in [1.29, 1.82) is 0 Å². The molecule has 0 N–H and O–H groups in total. The summed E-state index contributed by atoms with van der Waals surface area (Å²) in [4.78, 5) is 10.9. The van der Waals surface area contributed by atoms with Gasteiger partial charge in [-0.15, -0.1) is 0 Å². The Morgan fingerprint density at radius 1 is 1.29 bits per heavy atom. The average Bonchev–Trinajstić information content (AvgIpc) is 3.03. The summed E-state index contributed by atoms with van der Waals surface area (Å²) in [5.74, 6) is 0.300.